The molecule has 6 heteroatoms. The van der Waals surface area contributed by atoms with E-state index in [1.165, 1.54) is 12.1 Å². The van der Waals surface area contributed by atoms with Crippen molar-refractivity contribution in [3.8, 4) is 5.75 Å². The lowest BCUT2D eigenvalue weighted by Gasteiger charge is -2.28. The Balaban J connectivity index is 2.81. The van der Waals surface area contributed by atoms with Crippen molar-refractivity contribution in [2.24, 2.45) is 0 Å². The highest BCUT2D eigenvalue weighted by Crippen LogP contribution is 2.20. The van der Waals surface area contributed by atoms with E-state index in [9.17, 15) is 13.6 Å². The van der Waals surface area contributed by atoms with Crippen molar-refractivity contribution in [1.82, 2.24) is 5.32 Å². The fourth-order valence-corrected chi connectivity index (χ4v) is 1.69. The minimum absolute atomic E-state index is 0.161. The molecule has 1 rings (SSSR count). The van der Waals surface area contributed by atoms with Gasteiger partial charge in [0.1, 0.15) is 12.1 Å². The van der Waals surface area contributed by atoms with Crippen LogP contribution >= 0.6 is 0 Å². The van der Waals surface area contributed by atoms with Gasteiger partial charge in [-0.3, -0.25) is 5.32 Å². The predicted octanol–water partition coefficient (Wildman–Crippen LogP) is 2.67. The summed E-state index contributed by atoms with van der Waals surface area (Å²) in [5.74, 6) is -2.79. The van der Waals surface area contributed by atoms with Crippen molar-refractivity contribution >= 4 is 5.97 Å². The molecule has 1 aromatic carbocycles. The van der Waals surface area contributed by atoms with E-state index >= 15 is 0 Å². The second-order valence-electron chi connectivity index (χ2n) is 4.82. The Labute approximate surface area is 123 Å². The van der Waals surface area contributed by atoms with E-state index in [0.29, 0.717) is 6.54 Å². The number of nitrogens with one attached hydrogen (secondary N) is 1. The summed E-state index contributed by atoms with van der Waals surface area (Å²) in [6.45, 7) is 5.90. The molecule has 0 aliphatic rings. The lowest BCUT2D eigenvalue weighted by molar-refractivity contribution is -0.151. The van der Waals surface area contributed by atoms with Crippen molar-refractivity contribution in [3.05, 3.63) is 29.8 Å². The van der Waals surface area contributed by atoms with Crippen LogP contribution in [0.3, 0.4) is 0 Å². The third kappa shape index (κ3) is 4.67. The van der Waals surface area contributed by atoms with Crippen LogP contribution in [0.2, 0.25) is 0 Å². The van der Waals surface area contributed by atoms with Gasteiger partial charge in [-0.2, -0.15) is 4.39 Å². The smallest absolute Gasteiger partial charge is 0.329 e. The maximum absolute atomic E-state index is 13.5. The van der Waals surface area contributed by atoms with Crippen LogP contribution in [0.4, 0.5) is 8.78 Å². The molecule has 0 aliphatic heterocycles. The molecule has 0 saturated heterocycles. The first-order valence-electron chi connectivity index (χ1n) is 6.93. The summed E-state index contributed by atoms with van der Waals surface area (Å²) in [7, 11) is 0. The van der Waals surface area contributed by atoms with Crippen molar-refractivity contribution in [1.29, 1.82) is 0 Å². The summed E-state index contributed by atoms with van der Waals surface area (Å²) in [5, 5.41) is 3.02. The topological polar surface area (TPSA) is 47.6 Å². The summed E-state index contributed by atoms with van der Waals surface area (Å²) < 4.78 is 36.9. The minimum Gasteiger partial charge on any atom is -0.488 e. The Bertz CT molecular complexity index is 482. The molecule has 1 atom stereocenters. The third-order valence-electron chi connectivity index (χ3n) is 2.92. The molecular formula is C15H21F2NO3. The van der Waals surface area contributed by atoms with E-state index in [1.54, 1.807) is 13.8 Å². The van der Waals surface area contributed by atoms with Crippen LogP contribution in [0.25, 0.3) is 0 Å². The van der Waals surface area contributed by atoms with Gasteiger partial charge >= 0.3 is 5.97 Å². The van der Waals surface area contributed by atoms with E-state index in [-0.39, 0.29) is 19.0 Å². The number of halogens is 2. The Hall–Kier alpha value is -1.69. The van der Waals surface area contributed by atoms with Gasteiger partial charge in [0, 0.05) is 0 Å². The van der Waals surface area contributed by atoms with Gasteiger partial charge in [0.05, 0.1) is 6.61 Å². The second-order valence-corrected chi connectivity index (χ2v) is 4.82. The number of rotatable bonds is 8. The highest BCUT2D eigenvalue weighted by molar-refractivity contribution is 5.80. The molecule has 0 fully saturated rings. The Morgan fingerprint density at radius 2 is 2.05 bits per heavy atom. The molecule has 0 aromatic heterocycles. The van der Waals surface area contributed by atoms with Gasteiger partial charge in [0.15, 0.2) is 11.6 Å². The molecule has 118 valence electrons. The predicted molar refractivity (Wildman–Crippen MR) is 75.2 cm³/mol. The average molecular weight is 301 g/mol. The molecule has 0 saturated carbocycles. The highest BCUT2D eigenvalue weighted by Gasteiger charge is 2.35. The van der Waals surface area contributed by atoms with Gasteiger partial charge in [0.2, 0.25) is 5.82 Å². The molecule has 1 aromatic rings. The SMILES string of the molecule is CCCNC(C)(COc1cccc(F)c1F)C(=O)OCC. The van der Waals surface area contributed by atoms with E-state index in [0.717, 1.165) is 12.5 Å². The van der Waals surface area contributed by atoms with Crippen LogP contribution in [0.1, 0.15) is 27.2 Å². The first-order chi connectivity index (χ1) is 9.94. The summed E-state index contributed by atoms with van der Waals surface area (Å²) in [4.78, 5) is 12.0. The first-order valence-corrected chi connectivity index (χ1v) is 6.93. The summed E-state index contributed by atoms with van der Waals surface area (Å²) in [5.41, 5.74) is -1.12. The van der Waals surface area contributed by atoms with E-state index < -0.39 is 23.1 Å². The summed E-state index contributed by atoms with van der Waals surface area (Å²) in [6.07, 6.45) is 0.809. The van der Waals surface area contributed by atoms with E-state index in [4.69, 9.17) is 9.47 Å². The van der Waals surface area contributed by atoms with Gasteiger partial charge in [-0.05, 0) is 38.9 Å². The first kappa shape index (κ1) is 17.4. The molecule has 0 aliphatic carbocycles. The summed E-state index contributed by atoms with van der Waals surface area (Å²) in [6, 6.07) is 3.65. The number of hydrogen-bond donors (Lipinski definition) is 1. The van der Waals surface area contributed by atoms with Crippen LogP contribution in [-0.4, -0.2) is 31.3 Å². The molecule has 0 bridgehead atoms. The number of carbonyl (C=O) groups excluding carboxylic acids is 1. The zero-order valence-electron chi connectivity index (χ0n) is 12.5. The molecule has 0 spiro atoms. The summed E-state index contributed by atoms with van der Waals surface area (Å²) >= 11 is 0. The van der Waals surface area contributed by atoms with Crippen LogP contribution in [-0.2, 0) is 9.53 Å². The quantitative estimate of drug-likeness (QED) is 0.750. The normalized spacial score (nSPS) is 13.6. The Morgan fingerprint density at radius 3 is 2.67 bits per heavy atom. The second kappa shape index (κ2) is 7.93. The average Bonchev–Trinajstić information content (AvgIpc) is 2.47. The van der Waals surface area contributed by atoms with E-state index in [2.05, 4.69) is 5.32 Å². The largest absolute Gasteiger partial charge is 0.488 e. The molecule has 4 nitrogen and oxygen atoms in total. The van der Waals surface area contributed by atoms with E-state index in [1.807, 2.05) is 6.92 Å². The number of carbonyl (C=O) groups is 1. The van der Waals surface area contributed by atoms with Crippen molar-refractivity contribution in [2.75, 3.05) is 19.8 Å². The fourth-order valence-electron chi connectivity index (χ4n) is 1.69. The Kier molecular flexibility index (Phi) is 6.55. The van der Waals surface area contributed by atoms with Crippen LogP contribution in [0.5, 0.6) is 5.75 Å². The van der Waals surface area contributed by atoms with Gasteiger partial charge in [-0.25, -0.2) is 9.18 Å². The van der Waals surface area contributed by atoms with Crippen molar-refractivity contribution < 1.29 is 23.0 Å². The Morgan fingerprint density at radius 1 is 1.33 bits per heavy atom. The van der Waals surface area contributed by atoms with Crippen molar-refractivity contribution in [2.45, 2.75) is 32.7 Å². The number of benzene rings is 1. The molecular weight excluding hydrogens is 280 g/mol. The van der Waals surface area contributed by atoms with Crippen LogP contribution < -0.4 is 10.1 Å². The number of hydrogen-bond acceptors (Lipinski definition) is 4. The zero-order chi connectivity index (χ0) is 15.9. The number of esters is 1. The highest BCUT2D eigenvalue weighted by atomic mass is 19.2. The molecule has 0 radical (unpaired) electrons. The molecule has 21 heavy (non-hydrogen) atoms. The number of ether oxygens (including phenoxy) is 2. The molecule has 0 heterocycles. The third-order valence-corrected chi connectivity index (χ3v) is 2.92. The lowest BCUT2D eigenvalue weighted by Crippen LogP contribution is -2.55. The maximum atomic E-state index is 13.5. The van der Waals surface area contributed by atoms with Crippen molar-refractivity contribution in [3.63, 3.8) is 0 Å². The van der Waals surface area contributed by atoms with Gasteiger partial charge in [-0.1, -0.05) is 13.0 Å². The molecule has 1 unspecified atom stereocenters. The standard InChI is InChI=1S/C15H21F2NO3/c1-4-9-18-15(3,14(19)20-5-2)10-21-12-8-6-7-11(16)13(12)17/h6-8,18H,4-5,9-10H2,1-3H3. The van der Waals surface area contributed by atoms with Crippen LogP contribution in [0, 0.1) is 11.6 Å². The fraction of sp³-hybridized carbons (Fsp3) is 0.533. The monoisotopic (exact) mass is 301 g/mol. The maximum Gasteiger partial charge on any atom is 0.329 e. The lowest BCUT2D eigenvalue weighted by atomic mass is 10.0. The molecule has 1 N–H and O–H groups in total. The van der Waals surface area contributed by atoms with Gasteiger partial charge in [-0.15, -0.1) is 0 Å². The minimum atomic E-state index is -1.12. The van der Waals surface area contributed by atoms with Gasteiger partial charge < -0.3 is 9.47 Å². The van der Waals surface area contributed by atoms with Crippen LogP contribution in [0.15, 0.2) is 18.2 Å². The molecule has 0 amide bonds. The zero-order valence-corrected chi connectivity index (χ0v) is 12.5. The van der Waals surface area contributed by atoms with Gasteiger partial charge in [0.25, 0.3) is 0 Å².